The van der Waals surface area contributed by atoms with Crippen molar-refractivity contribution in [2.45, 2.75) is 38.7 Å². The van der Waals surface area contributed by atoms with Gasteiger partial charge in [-0.15, -0.1) is 11.6 Å². The van der Waals surface area contributed by atoms with Crippen LogP contribution in [0.25, 0.3) is 0 Å². The van der Waals surface area contributed by atoms with Crippen LogP contribution < -0.4 is 9.47 Å². The van der Waals surface area contributed by atoms with Crippen LogP contribution in [0.3, 0.4) is 0 Å². The van der Waals surface area contributed by atoms with Gasteiger partial charge in [0.1, 0.15) is 24.2 Å². The second kappa shape index (κ2) is 10.4. The fraction of sp³-hybridized carbons (Fsp3) is 0.455. The second-order valence-electron chi connectivity index (χ2n) is 7.29. The Balaban J connectivity index is 2.19. The van der Waals surface area contributed by atoms with E-state index in [0.29, 0.717) is 29.0 Å². The highest BCUT2D eigenvalue weighted by Gasteiger charge is 2.25. The molecule has 6 heteroatoms. The van der Waals surface area contributed by atoms with Gasteiger partial charge in [-0.25, -0.2) is 0 Å². The fourth-order valence-corrected chi connectivity index (χ4v) is 3.31. The lowest BCUT2D eigenvalue weighted by Crippen LogP contribution is -2.21. The number of aliphatic hydroxyl groups excluding tert-OH is 2. The molecule has 28 heavy (non-hydrogen) atoms. The van der Waals surface area contributed by atoms with Gasteiger partial charge < -0.3 is 19.7 Å². The monoisotopic (exact) mass is 426 g/mol. The van der Waals surface area contributed by atoms with Crippen molar-refractivity contribution < 1.29 is 19.7 Å². The van der Waals surface area contributed by atoms with Crippen molar-refractivity contribution in [1.82, 2.24) is 0 Å². The highest BCUT2D eigenvalue weighted by atomic mass is 35.5. The molecule has 1 unspecified atom stereocenters. The first-order valence-corrected chi connectivity index (χ1v) is 10.2. The molecule has 0 spiro atoms. The Morgan fingerprint density at radius 2 is 1.75 bits per heavy atom. The Labute approximate surface area is 177 Å². The van der Waals surface area contributed by atoms with Crippen LogP contribution in [-0.4, -0.2) is 42.0 Å². The summed E-state index contributed by atoms with van der Waals surface area (Å²) in [5.74, 6) is 1.90. The van der Waals surface area contributed by atoms with Crippen molar-refractivity contribution in [3.05, 3.63) is 58.1 Å². The third-order valence-corrected chi connectivity index (χ3v) is 5.25. The number of rotatable bonds is 10. The molecule has 0 heterocycles. The van der Waals surface area contributed by atoms with Gasteiger partial charge in [0.2, 0.25) is 0 Å². The number of aryl methyl sites for hydroxylation is 1. The molecule has 154 valence electrons. The van der Waals surface area contributed by atoms with Gasteiger partial charge >= 0.3 is 0 Å². The first-order valence-electron chi connectivity index (χ1n) is 9.31. The molecule has 2 N–H and O–H groups in total. The van der Waals surface area contributed by atoms with E-state index in [4.69, 9.17) is 37.8 Å². The molecule has 0 aromatic heterocycles. The van der Waals surface area contributed by atoms with Gasteiger partial charge in [-0.2, -0.15) is 0 Å². The molecule has 0 aliphatic carbocycles. The zero-order valence-electron chi connectivity index (χ0n) is 16.5. The van der Waals surface area contributed by atoms with Crippen molar-refractivity contribution in [3.63, 3.8) is 0 Å². The molecule has 0 aliphatic rings. The van der Waals surface area contributed by atoms with E-state index in [9.17, 15) is 5.11 Å². The summed E-state index contributed by atoms with van der Waals surface area (Å²) in [4.78, 5) is 0. The number of ether oxygens (including phenoxy) is 2. The van der Waals surface area contributed by atoms with Crippen LogP contribution >= 0.6 is 23.2 Å². The lowest BCUT2D eigenvalue weighted by Gasteiger charge is -2.28. The molecule has 0 saturated heterocycles. The van der Waals surface area contributed by atoms with Gasteiger partial charge in [0.05, 0.1) is 18.2 Å². The predicted octanol–water partition coefficient (Wildman–Crippen LogP) is 4.71. The van der Waals surface area contributed by atoms with Gasteiger partial charge in [0.25, 0.3) is 0 Å². The average Bonchev–Trinajstić information content (AvgIpc) is 2.68. The summed E-state index contributed by atoms with van der Waals surface area (Å²) in [6.45, 7) is 6.54. The highest BCUT2D eigenvalue weighted by Crippen LogP contribution is 2.38. The summed E-state index contributed by atoms with van der Waals surface area (Å²) in [6, 6.07) is 11.8. The quantitative estimate of drug-likeness (QED) is 0.426. The standard InChI is InChI=1S/C22H28Cl2O4/c1-15-11-17(12-20(24)21(15)27-10-4-9-23)22(2,3)16-5-7-19(8-6-16)28-14-18(26)13-25/h5-8,11-12,18,25-26H,4,9-10,13-14H2,1-3H3. The molecule has 0 aliphatic heterocycles. The summed E-state index contributed by atoms with van der Waals surface area (Å²) in [6.07, 6.45) is -0.111. The third kappa shape index (κ3) is 5.77. The number of aliphatic hydroxyl groups is 2. The molecule has 2 rings (SSSR count). The Morgan fingerprint density at radius 1 is 1.07 bits per heavy atom. The molecular formula is C22H28Cl2O4. The van der Waals surface area contributed by atoms with Crippen molar-refractivity contribution in [2.75, 3.05) is 25.7 Å². The van der Waals surface area contributed by atoms with Crippen molar-refractivity contribution in [1.29, 1.82) is 0 Å². The summed E-state index contributed by atoms with van der Waals surface area (Å²) in [5.41, 5.74) is 2.91. The Kier molecular flexibility index (Phi) is 8.44. The smallest absolute Gasteiger partial charge is 0.140 e. The number of benzene rings is 2. The normalized spacial score (nSPS) is 12.7. The molecule has 0 saturated carbocycles. The van der Waals surface area contributed by atoms with E-state index in [2.05, 4.69) is 19.9 Å². The molecule has 2 aromatic carbocycles. The number of halogens is 2. The second-order valence-corrected chi connectivity index (χ2v) is 8.08. The van der Waals surface area contributed by atoms with Crippen molar-refractivity contribution >= 4 is 23.2 Å². The van der Waals surface area contributed by atoms with Gasteiger partial charge in [0.15, 0.2) is 0 Å². The summed E-state index contributed by atoms with van der Waals surface area (Å²) >= 11 is 12.2. The lowest BCUT2D eigenvalue weighted by molar-refractivity contribution is 0.0536. The predicted molar refractivity (Wildman–Crippen MR) is 114 cm³/mol. The van der Waals surface area contributed by atoms with Crippen LogP contribution in [0, 0.1) is 6.92 Å². The molecule has 1 atom stereocenters. The largest absolute Gasteiger partial charge is 0.492 e. The van der Waals surface area contributed by atoms with Gasteiger partial charge in [-0.1, -0.05) is 43.6 Å². The molecule has 0 fully saturated rings. The summed E-state index contributed by atoms with van der Waals surface area (Å²) in [5, 5.41) is 18.8. The Hall–Kier alpha value is -1.46. The minimum atomic E-state index is -0.883. The van der Waals surface area contributed by atoms with E-state index in [1.54, 1.807) is 0 Å². The van der Waals surface area contributed by atoms with Crippen LogP contribution in [0.15, 0.2) is 36.4 Å². The van der Waals surface area contributed by atoms with E-state index in [1.165, 1.54) is 0 Å². The minimum Gasteiger partial charge on any atom is -0.492 e. The minimum absolute atomic E-state index is 0.0548. The first kappa shape index (κ1) is 22.8. The van der Waals surface area contributed by atoms with Crippen molar-refractivity contribution in [2.24, 2.45) is 0 Å². The van der Waals surface area contributed by atoms with Gasteiger partial charge in [-0.05, 0) is 48.2 Å². The maximum absolute atomic E-state index is 9.39. The number of hydrogen-bond donors (Lipinski definition) is 2. The Bertz CT molecular complexity index is 737. The van der Waals surface area contributed by atoms with Crippen LogP contribution in [0.1, 0.15) is 37.0 Å². The van der Waals surface area contributed by atoms with Crippen LogP contribution in [0.5, 0.6) is 11.5 Å². The maximum atomic E-state index is 9.39. The van der Waals surface area contributed by atoms with E-state index in [0.717, 1.165) is 23.1 Å². The zero-order chi connectivity index (χ0) is 20.7. The van der Waals surface area contributed by atoms with E-state index < -0.39 is 6.10 Å². The summed E-state index contributed by atoms with van der Waals surface area (Å²) in [7, 11) is 0. The molecule has 0 bridgehead atoms. The molecule has 2 aromatic rings. The van der Waals surface area contributed by atoms with Crippen molar-refractivity contribution in [3.8, 4) is 11.5 Å². The van der Waals surface area contributed by atoms with Crippen LogP contribution in [-0.2, 0) is 5.41 Å². The SMILES string of the molecule is Cc1cc(C(C)(C)c2ccc(OCC(O)CO)cc2)cc(Cl)c1OCCCCl. The lowest BCUT2D eigenvalue weighted by atomic mass is 9.77. The van der Waals surface area contributed by atoms with Gasteiger partial charge in [0, 0.05) is 11.3 Å². The molecule has 0 amide bonds. The van der Waals surface area contributed by atoms with Crippen LogP contribution in [0.2, 0.25) is 5.02 Å². The average molecular weight is 427 g/mol. The Morgan fingerprint density at radius 3 is 2.32 bits per heavy atom. The van der Waals surface area contributed by atoms with Gasteiger partial charge in [-0.3, -0.25) is 0 Å². The summed E-state index contributed by atoms with van der Waals surface area (Å²) < 4.78 is 11.3. The van der Waals surface area contributed by atoms with E-state index in [1.807, 2.05) is 37.3 Å². The maximum Gasteiger partial charge on any atom is 0.140 e. The topological polar surface area (TPSA) is 58.9 Å². The number of hydrogen-bond acceptors (Lipinski definition) is 4. The molecule has 0 radical (unpaired) electrons. The fourth-order valence-electron chi connectivity index (χ4n) is 2.88. The first-order chi connectivity index (χ1) is 13.3. The van der Waals surface area contributed by atoms with E-state index >= 15 is 0 Å². The highest BCUT2D eigenvalue weighted by molar-refractivity contribution is 6.32. The molecule has 4 nitrogen and oxygen atoms in total. The molecular weight excluding hydrogens is 399 g/mol. The van der Waals surface area contributed by atoms with E-state index in [-0.39, 0.29) is 18.6 Å². The van der Waals surface area contributed by atoms with Crippen LogP contribution in [0.4, 0.5) is 0 Å². The third-order valence-electron chi connectivity index (χ3n) is 4.70. The zero-order valence-corrected chi connectivity index (χ0v) is 18.1. The number of alkyl halides is 1.